The fraction of sp³-hybridized carbons (Fsp3) is 0.0714. The van der Waals surface area contributed by atoms with Gasteiger partial charge >= 0.3 is 6.29 Å². The number of amides is 1. The molecule has 8 heteroatoms. The molecule has 0 saturated heterocycles. The van der Waals surface area contributed by atoms with Crippen LogP contribution >= 0.6 is 0 Å². The van der Waals surface area contributed by atoms with E-state index in [0.29, 0.717) is 0 Å². The number of halogens is 4. The molecule has 0 spiro atoms. The third kappa shape index (κ3) is 2.54. The van der Waals surface area contributed by atoms with Gasteiger partial charge in [0.2, 0.25) is 0 Å². The first-order chi connectivity index (χ1) is 10.4. The van der Waals surface area contributed by atoms with Gasteiger partial charge in [-0.1, -0.05) is 6.07 Å². The molecule has 114 valence electrons. The largest absolute Gasteiger partial charge is 0.586 e. The maximum atomic E-state index is 13.5. The second kappa shape index (κ2) is 4.90. The summed E-state index contributed by atoms with van der Waals surface area (Å²) in [5, 5.41) is 2.26. The summed E-state index contributed by atoms with van der Waals surface area (Å²) in [6.45, 7) is 0. The van der Waals surface area contributed by atoms with Gasteiger partial charge in [0.1, 0.15) is 0 Å². The van der Waals surface area contributed by atoms with Gasteiger partial charge in [0.25, 0.3) is 5.91 Å². The van der Waals surface area contributed by atoms with Crippen LogP contribution in [0.2, 0.25) is 0 Å². The van der Waals surface area contributed by atoms with Crippen molar-refractivity contribution in [3.8, 4) is 11.5 Å². The van der Waals surface area contributed by atoms with E-state index in [1.54, 1.807) is 0 Å². The summed E-state index contributed by atoms with van der Waals surface area (Å²) in [7, 11) is 0. The number of nitrogens with one attached hydrogen (secondary N) is 1. The van der Waals surface area contributed by atoms with Crippen LogP contribution in [0.25, 0.3) is 0 Å². The minimum absolute atomic E-state index is 0.0636. The van der Waals surface area contributed by atoms with Gasteiger partial charge in [-0.2, -0.15) is 0 Å². The highest BCUT2D eigenvalue weighted by atomic mass is 19.3. The van der Waals surface area contributed by atoms with Crippen LogP contribution in [-0.2, 0) is 0 Å². The molecule has 1 aliphatic rings. The number of benzene rings is 2. The second-order valence-electron chi connectivity index (χ2n) is 4.38. The maximum Gasteiger partial charge on any atom is 0.586 e. The Labute approximate surface area is 121 Å². The third-order valence-electron chi connectivity index (χ3n) is 2.86. The number of fused-ring (bicyclic) bond motifs is 1. The van der Waals surface area contributed by atoms with E-state index < -0.39 is 29.4 Å². The number of anilines is 1. The standard InChI is InChI=1S/C14H7F4NO3/c15-9-3-1-2-8(12(9)16)13(20)19-7-4-5-10-11(6-7)22-14(17,18)21-10/h1-6H,(H,19,20). The molecule has 3 rings (SSSR count). The molecular formula is C14H7F4NO3. The van der Waals surface area contributed by atoms with Crippen molar-refractivity contribution in [3.05, 3.63) is 53.6 Å². The monoisotopic (exact) mass is 313 g/mol. The summed E-state index contributed by atoms with van der Waals surface area (Å²) in [5.41, 5.74) is -0.447. The van der Waals surface area contributed by atoms with Crippen LogP contribution in [0, 0.1) is 11.6 Å². The Morgan fingerprint density at radius 3 is 2.55 bits per heavy atom. The maximum absolute atomic E-state index is 13.5. The van der Waals surface area contributed by atoms with E-state index in [1.165, 1.54) is 12.1 Å². The van der Waals surface area contributed by atoms with Crippen LogP contribution in [0.5, 0.6) is 11.5 Å². The lowest BCUT2D eigenvalue weighted by molar-refractivity contribution is -0.286. The molecule has 0 aliphatic carbocycles. The van der Waals surface area contributed by atoms with Gasteiger partial charge in [-0.05, 0) is 24.3 Å². The lowest BCUT2D eigenvalue weighted by Crippen LogP contribution is -2.25. The first kappa shape index (κ1) is 14.2. The Hall–Kier alpha value is -2.77. The number of carbonyl (C=O) groups excluding carboxylic acids is 1. The van der Waals surface area contributed by atoms with Crippen LogP contribution in [0.4, 0.5) is 23.2 Å². The van der Waals surface area contributed by atoms with E-state index in [9.17, 15) is 22.4 Å². The molecule has 2 aromatic carbocycles. The first-order valence-electron chi connectivity index (χ1n) is 6.01. The van der Waals surface area contributed by atoms with E-state index in [2.05, 4.69) is 14.8 Å². The number of carbonyl (C=O) groups is 1. The van der Waals surface area contributed by atoms with Crippen LogP contribution in [0.1, 0.15) is 10.4 Å². The predicted octanol–water partition coefficient (Wildman–Crippen LogP) is 3.54. The Kier molecular flexibility index (Phi) is 3.16. The number of hydrogen-bond donors (Lipinski definition) is 1. The highest BCUT2D eigenvalue weighted by Gasteiger charge is 2.43. The topological polar surface area (TPSA) is 47.6 Å². The van der Waals surface area contributed by atoms with E-state index in [4.69, 9.17) is 0 Å². The van der Waals surface area contributed by atoms with Crippen molar-refractivity contribution in [1.82, 2.24) is 0 Å². The fourth-order valence-electron chi connectivity index (χ4n) is 1.90. The van der Waals surface area contributed by atoms with Gasteiger partial charge in [0, 0.05) is 11.8 Å². The molecule has 4 nitrogen and oxygen atoms in total. The van der Waals surface area contributed by atoms with Crippen molar-refractivity contribution in [1.29, 1.82) is 0 Å². The molecule has 0 unspecified atom stereocenters. The molecule has 1 amide bonds. The summed E-state index contributed by atoms with van der Waals surface area (Å²) in [5.74, 6) is -3.87. The molecule has 0 aromatic heterocycles. The Bertz CT molecular complexity index is 764. The number of alkyl halides is 2. The molecule has 1 heterocycles. The van der Waals surface area contributed by atoms with Crippen molar-refractivity contribution >= 4 is 11.6 Å². The molecule has 0 atom stereocenters. The van der Waals surface area contributed by atoms with Gasteiger partial charge in [0.15, 0.2) is 23.1 Å². The van der Waals surface area contributed by atoms with Crippen molar-refractivity contribution in [2.24, 2.45) is 0 Å². The van der Waals surface area contributed by atoms with Crippen molar-refractivity contribution in [2.45, 2.75) is 6.29 Å². The number of rotatable bonds is 2. The number of hydrogen-bond acceptors (Lipinski definition) is 3. The molecule has 0 bridgehead atoms. The van der Waals surface area contributed by atoms with Gasteiger partial charge in [-0.15, -0.1) is 8.78 Å². The summed E-state index contributed by atoms with van der Waals surface area (Å²) in [6, 6.07) is 6.65. The van der Waals surface area contributed by atoms with Gasteiger partial charge in [-0.3, -0.25) is 4.79 Å². The van der Waals surface area contributed by atoms with E-state index in [1.807, 2.05) is 0 Å². The average molecular weight is 313 g/mol. The zero-order valence-electron chi connectivity index (χ0n) is 10.7. The molecule has 0 radical (unpaired) electrons. The van der Waals surface area contributed by atoms with Gasteiger partial charge in [0.05, 0.1) is 5.56 Å². The fourth-order valence-corrected chi connectivity index (χ4v) is 1.90. The highest BCUT2D eigenvalue weighted by molar-refractivity contribution is 6.04. The van der Waals surface area contributed by atoms with Crippen LogP contribution in [0.15, 0.2) is 36.4 Å². The van der Waals surface area contributed by atoms with E-state index >= 15 is 0 Å². The smallest absolute Gasteiger partial charge is 0.395 e. The minimum Gasteiger partial charge on any atom is -0.395 e. The molecule has 0 saturated carbocycles. The Balaban J connectivity index is 1.83. The average Bonchev–Trinajstić information content (AvgIpc) is 2.75. The normalized spacial score (nSPS) is 14.7. The zero-order valence-corrected chi connectivity index (χ0v) is 10.7. The van der Waals surface area contributed by atoms with E-state index in [0.717, 1.165) is 24.3 Å². The Morgan fingerprint density at radius 2 is 1.77 bits per heavy atom. The third-order valence-corrected chi connectivity index (χ3v) is 2.86. The molecule has 2 aromatic rings. The summed E-state index contributed by atoms with van der Waals surface area (Å²) < 4.78 is 60.7. The number of ether oxygens (including phenoxy) is 2. The van der Waals surface area contributed by atoms with Crippen molar-refractivity contribution in [2.75, 3.05) is 5.32 Å². The summed E-state index contributed by atoms with van der Waals surface area (Å²) in [4.78, 5) is 11.9. The molecule has 0 fully saturated rings. The summed E-state index contributed by atoms with van der Waals surface area (Å²) in [6.07, 6.45) is -3.78. The molecular weight excluding hydrogens is 306 g/mol. The lowest BCUT2D eigenvalue weighted by atomic mass is 10.2. The van der Waals surface area contributed by atoms with Crippen molar-refractivity contribution in [3.63, 3.8) is 0 Å². The van der Waals surface area contributed by atoms with Crippen LogP contribution in [0.3, 0.4) is 0 Å². The van der Waals surface area contributed by atoms with Crippen LogP contribution in [-0.4, -0.2) is 12.2 Å². The minimum atomic E-state index is -3.78. The van der Waals surface area contributed by atoms with E-state index in [-0.39, 0.29) is 17.2 Å². The zero-order chi connectivity index (χ0) is 15.9. The van der Waals surface area contributed by atoms with Crippen LogP contribution < -0.4 is 14.8 Å². The molecule has 1 N–H and O–H groups in total. The predicted molar refractivity (Wildman–Crippen MR) is 67.0 cm³/mol. The van der Waals surface area contributed by atoms with Gasteiger partial charge in [-0.25, -0.2) is 8.78 Å². The summed E-state index contributed by atoms with van der Waals surface area (Å²) >= 11 is 0. The second-order valence-corrected chi connectivity index (χ2v) is 4.38. The SMILES string of the molecule is O=C(Nc1ccc2c(c1)OC(F)(F)O2)c1cccc(F)c1F. The Morgan fingerprint density at radius 1 is 1.05 bits per heavy atom. The highest BCUT2D eigenvalue weighted by Crippen LogP contribution is 2.42. The van der Waals surface area contributed by atoms with Crippen molar-refractivity contribution < 1.29 is 31.8 Å². The lowest BCUT2D eigenvalue weighted by Gasteiger charge is -2.07. The van der Waals surface area contributed by atoms with Gasteiger partial charge < -0.3 is 14.8 Å². The molecule has 22 heavy (non-hydrogen) atoms. The first-order valence-corrected chi connectivity index (χ1v) is 6.01. The quantitative estimate of drug-likeness (QED) is 0.863. The molecule has 1 aliphatic heterocycles.